The van der Waals surface area contributed by atoms with Gasteiger partial charge < -0.3 is 19.7 Å². The Bertz CT molecular complexity index is 1100. The van der Waals surface area contributed by atoms with E-state index in [9.17, 15) is 9.59 Å². The van der Waals surface area contributed by atoms with Crippen molar-refractivity contribution >= 4 is 23.3 Å². The maximum atomic E-state index is 12.9. The molecule has 0 aliphatic carbocycles. The second-order valence-electron chi connectivity index (χ2n) is 7.37. The minimum absolute atomic E-state index is 0.214. The molecule has 0 spiro atoms. The topological polar surface area (TPSA) is 102 Å². The number of aryl methyl sites for hydroxylation is 3. The monoisotopic (exact) mass is 393 g/mol. The molecule has 150 valence electrons. The Hall–Kier alpha value is -3.42. The van der Waals surface area contributed by atoms with Crippen LogP contribution in [0.3, 0.4) is 0 Å². The first-order valence-electron chi connectivity index (χ1n) is 9.65. The van der Waals surface area contributed by atoms with E-state index in [-0.39, 0.29) is 11.7 Å². The van der Waals surface area contributed by atoms with Crippen LogP contribution in [0.2, 0.25) is 0 Å². The zero-order valence-corrected chi connectivity index (χ0v) is 16.7. The number of anilines is 2. The molecule has 0 bridgehead atoms. The highest BCUT2D eigenvalue weighted by Gasteiger charge is 2.28. The van der Waals surface area contributed by atoms with Crippen molar-refractivity contribution in [1.82, 2.24) is 14.7 Å². The van der Waals surface area contributed by atoms with Crippen molar-refractivity contribution in [1.29, 1.82) is 0 Å². The minimum Gasteiger partial charge on any atom is -0.360 e. The Labute approximate surface area is 168 Å². The fourth-order valence-electron chi connectivity index (χ4n) is 3.51. The standard InChI is InChI=1S/C21H23N5O3/c1-12-7-8-15(10-13(12)2)22-20(27)18-16-6-4-5-9-26(16)19(24-18)21(28)23-17-11-14(3)29-25-17/h7-8,10-11H,4-6,9H2,1-3H3,(H,22,27)(H,23,25,28). The van der Waals surface area contributed by atoms with Gasteiger partial charge in [-0.25, -0.2) is 4.98 Å². The summed E-state index contributed by atoms with van der Waals surface area (Å²) in [5.41, 5.74) is 4.05. The van der Waals surface area contributed by atoms with Crippen molar-refractivity contribution in [2.75, 3.05) is 10.6 Å². The van der Waals surface area contributed by atoms with Crippen LogP contribution in [0.15, 0.2) is 28.8 Å². The Balaban J connectivity index is 1.62. The molecule has 0 fully saturated rings. The Morgan fingerprint density at radius 3 is 2.59 bits per heavy atom. The predicted molar refractivity (Wildman–Crippen MR) is 108 cm³/mol. The van der Waals surface area contributed by atoms with Gasteiger partial charge >= 0.3 is 0 Å². The lowest BCUT2D eigenvalue weighted by Gasteiger charge is -2.17. The summed E-state index contributed by atoms with van der Waals surface area (Å²) in [6, 6.07) is 7.39. The summed E-state index contributed by atoms with van der Waals surface area (Å²) < 4.78 is 6.82. The van der Waals surface area contributed by atoms with E-state index >= 15 is 0 Å². The van der Waals surface area contributed by atoms with Gasteiger partial charge in [0.15, 0.2) is 17.3 Å². The molecule has 0 saturated heterocycles. The summed E-state index contributed by atoms with van der Waals surface area (Å²) in [7, 11) is 0. The van der Waals surface area contributed by atoms with Crippen LogP contribution < -0.4 is 10.6 Å². The first-order valence-corrected chi connectivity index (χ1v) is 9.65. The van der Waals surface area contributed by atoms with Crippen LogP contribution in [0.1, 0.15) is 56.5 Å². The van der Waals surface area contributed by atoms with Crippen LogP contribution in [0.25, 0.3) is 0 Å². The van der Waals surface area contributed by atoms with E-state index in [2.05, 4.69) is 20.8 Å². The number of nitrogens with one attached hydrogen (secondary N) is 2. The second-order valence-corrected chi connectivity index (χ2v) is 7.37. The molecule has 3 heterocycles. The summed E-state index contributed by atoms with van der Waals surface area (Å²) in [5, 5.41) is 9.38. The van der Waals surface area contributed by atoms with E-state index in [1.54, 1.807) is 13.0 Å². The molecule has 8 heteroatoms. The maximum Gasteiger partial charge on any atom is 0.292 e. The quantitative estimate of drug-likeness (QED) is 0.705. The third-order valence-corrected chi connectivity index (χ3v) is 5.17. The summed E-state index contributed by atoms with van der Waals surface area (Å²) in [4.78, 5) is 30.1. The SMILES string of the molecule is Cc1cc(NC(=O)c2nc(C(=O)Nc3ccc(C)c(C)c3)c3n2CCCC3)no1. The first-order chi connectivity index (χ1) is 13.9. The van der Waals surface area contributed by atoms with Gasteiger partial charge in [0.1, 0.15) is 5.76 Å². The van der Waals surface area contributed by atoms with Crippen LogP contribution in [0.4, 0.5) is 11.5 Å². The number of carbonyl (C=O) groups is 2. The van der Waals surface area contributed by atoms with Crippen LogP contribution in [0, 0.1) is 20.8 Å². The summed E-state index contributed by atoms with van der Waals surface area (Å²) in [6.07, 6.45) is 2.60. The van der Waals surface area contributed by atoms with E-state index in [0.29, 0.717) is 35.9 Å². The highest BCUT2D eigenvalue weighted by Crippen LogP contribution is 2.23. The molecule has 0 saturated carbocycles. The molecule has 3 aromatic rings. The lowest BCUT2D eigenvalue weighted by molar-refractivity contribution is 0.101. The molecule has 4 rings (SSSR count). The van der Waals surface area contributed by atoms with Crippen molar-refractivity contribution < 1.29 is 14.1 Å². The Kier molecular flexibility index (Phi) is 4.92. The number of amides is 2. The van der Waals surface area contributed by atoms with Gasteiger partial charge in [-0.1, -0.05) is 11.2 Å². The van der Waals surface area contributed by atoms with Gasteiger partial charge in [-0.3, -0.25) is 9.59 Å². The molecule has 1 aromatic carbocycles. The first kappa shape index (κ1) is 18.9. The van der Waals surface area contributed by atoms with E-state index in [4.69, 9.17) is 4.52 Å². The van der Waals surface area contributed by atoms with Gasteiger partial charge in [0.25, 0.3) is 11.8 Å². The molecule has 1 aliphatic heterocycles. The zero-order chi connectivity index (χ0) is 20.5. The number of carbonyl (C=O) groups excluding carboxylic acids is 2. The van der Waals surface area contributed by atoms with Crippen LogP contribution >= 0.6 is 0 Å². The van der Waals surface area contributed by atoms with Crippen molar-refractivity contribution in [3.8, 4) is 0 Å². The van der Waals surface area contributed by atoms with E-state index in [1.165, 1.54) is 0 Å². The molecule has 0 atom stereocenters. The number of imidazole rings is 1. The third-order valence-electron chi connectivity index (χ3n) is 5.17. The van der Waals surface area contributed by atoms with Gasteiger partial charge in [0, 0.05) is 18.3 Å². The molecular formula is C21H23N5O3. The molecule has 2 N–H and O–H groups in total. The van der Waals surface area contributed by atoms with Gasteiger partial charge in [-0.05, 0) is 63.3 Å². The Morgan fingerprint density at radius 1 is 1.03 bits per heavy atom. The molecule has 0 radical (unpaired) electrons. The smallest absolute Gasteiger partial charge is 0.292 e. The van der Waals surface area contributed by atoms with E-state index < -0.39 is 5.91 Å². The van der Waals surface area contributed by atoms with Crippen molar-refractivity contribution in [2.45, 2.75) is 46.6 Å². The van der Waals surface area contributed by atoms with E-state index in [0.717, 1.165) is 29.7 Å². The molecule has 8 nitrogen and oxygen atoms in total. The molecule has 2 amide bonds. The maximum absolute atomic E-state index is 12.9. The van der Waals surface area contributed by atoms with Gasteiger partial charge in [-0.2, -0.15) is 0 Å². The van der Waals surface area contributed by atoms with Crippen LogP contribution in [-0.4, -0.2) is 26.5 Å². The number of nitrogens with zero attached hydrogens (tertiary/aromatic N) is 3. The molecule has 1 aliphatic rings. The van der Waals surface area contributed by atoms with Gasteiger partial charge in [-0.15, -0.1) is 0 Å². The minimum atomic E-state index is -0.410. The van der Waals surface area contributed by atoms with Gasteiger partial charge in [0.2, 0.25) is 0 Å². The lowest BCUT2D eigenvalue weighted by Crippen LogP contribution is -2.21. The fraction of sp³-hybridized carbons (Fsp3) is 0.333. The summed E-state index contributed by atoms with van der Waals surface area (Å²) in [5.74, 6) is 0.410. The average Bonchev–Trinajstić information content (AvgIpc) is 3.28. The predicted octanol–water partition coefficient (Wildman–Crippen LogP) is 3.64. The highest BCUT2D eigenvalue weighted by molar-refractivity contribution is 6.06. The van der Waals surface area contributed by atoms with Crippen molar-refractivity contribution in [3.05, 3.63) is 58.4 Å². The normalized spacial score (nSPS) is 13.1. The van der Waals surface area contributed by atoms with Gasteiger partial charge in [0.05, 0.1) is 5.69 Å². The third kappa shape index (κ3) is 3.78. The van der Waals surface area contributed by atoms with Crippen molar-refractivity contribution in [3.63, 3.8) is 0 Å². The highest BCUT2D eigenvalue weighted by atomic mass is 16.5. The average molecular weight is 393 g/mol. The number of fused-ring (bicyclic) bond motifs is 1. The lowest BCUT2D eigenvalue weighted by atomic mass is 10.1. The number of rotatable bonds is 4. The summed E-state index contributed by atoms with van der Waals surface area (Å²) in [6.45, 7) is 6.42. The van der Waals surface area contributed by atoms with Crippen LogP contribution in [0.5, 0.6) is 0 Å². The Morgan fingerprint density at radius 2 is 1.86 bits per heavy atom. The van der Waals surface area contributed by atoms with Crippen molar-refractivity contribution in [2.24, 2.45) is 0 Å². The number of aromatic nitrogens is 3. The van der Waals surface area contributed by atoms with E-state index in [1.807, 2.05) is 36.6 Å². The fourth-order valence-corrected chi connectivity index (χ4v) is 3.51. The number of benzene rings is 1. The largest absolute Gasteiger partial charge is 0.360 e. The zero-order valence-electron chi connectivity index (χ0n) is 16.7. The van der Waals surface area contributed by atoms with Crippen LogP contribution in [-0.2, 0) is 13.0 Å². The second kappa shape index (κ2) is 7.54. The number of hydrogen-bond donors (Lipinski definition) is 2. The molecular weight excluding hydrogens is 370 g/mol. The number of hydrogen-bond acceptors (Lipinski definition) is 5. The molecule has 29 heavy (non-hydrogen) atoms. The molecule has 2 aromatic heterocycles. The summed E-state index contributed by atoms with van der Waals surface area (Å²) >= 11 is 0. The molecule has 0 unspecified atom stereocenters.